The Labute approximate surface area is 160 Å². The summed E-state index contributed by atoms with van der Waals surface area (Å²) < 4.78 is 5.86. The van der Waals surface area contributed by atoms with E-state index in [0.717, 1.165) is 37.3 Å². The molecule has 27 heavy (non-hydrogen) atoms. The SMILES string of the molecule is O=C(NC1CC2CCC1N2)c1ccc(-c2ccc(N3CCCCC3)cc2)o1. The molecule has 3 unspecified atom stereocenters. The van der Waals surface area contributed by atoms with Gasteiger partial charge in [0.15, 0.2) is 5.76 Å². The van der Waals surface area contributed by atoms with Gasteiger partial charge in [-0.15, -0.1) is 0 Å². The summed E-state index contributed by atoms with van der Waals surface area (Å²) in [7, 11) is 0. The zero-order valence-electron chi connectivity index (χ0n) is 15.6. The molecule has 142 valence electrons. The average Bonchev–Trinajstić information content (AvgIpc) is 3.46. The highest BCUT2D eigenvalue weighted by atomic mass is 16.3. The van der Waals surface area contributed by atoms with Crippen molar-refractivity contribution in [2.24, 2.45) is 0 Å². The third kappa shape index (κ3) is 3.36. The fraction of sp³-hybridized carbons (Fsp3) is 0.500. The molecule has 3 aliphatic rings. The van der Waals surface area contributed by atoms with E-state index in [1.165, 1.54) is 31.4 Å². The zero-order valence-corrected chi connectivity index (χ0v) is 15.6. The van der Waals surface area contributed by atoms with E-state index in [1.807, 2.05) is 6.07 Å². The Morgan fingerprint density at radius 3 is 2.56 bits per heavy atom. The van der Waals surface area contributed by atoms with Crippen molar-refractivity contribution in [3.8, 4) is 11.3 Å². The highest BCUT2D eigenvalue weighted by Crippen LogP contribution is 2.29. The van der Waals surface area contributed by atoms with Crippen molar-refractivity contribution in [2.45, 2.75) is 56.7 Å². The number of carbonyl (C=O) groups excluding carboxylic acids is 1. The molecule has 2 N–H and O–H groups in total. The van der Waals surface area contributed by atoms with Gasteiger partial charge in [0.25, 0.3) is 5.91 Å². The molecule has 1 aromatic carbocycles. The topological polar surface area (TPSA) is 57.5 Å². The molecule has 1 aromatic heterocycles. The van der Waals surface area contributed by atoms with Gasteiger partial charge in [0.2, 0.25) is 0 Å². The van der Waals surface area contributed by atoms with E-state index in [4.69, 9.17) is 4.42 Å². The van der Waals surface area contributed by atoms with Crippen LogP contribution in [-0.4, -0.2) is 37.1 Å². The van der Waals surface area contributed by atoms with Crippen LogP contribution in [0, 0.1) is 0 Å². The van der Waals surface area contributed by atoms with Crippen molar-refractivity contribution in [3.05, 3.63) is 42.2 Å². The Kier molecular flexibility index (Phi) is 4.40. The first-order valence-electron chi connectivity index (χ1n) is 10.3. The van der Waals surface area contributed by atoms with Crippen molar-refractivity contribution in [2.75, 3.05) is 18.0 Å². The van der Waals surface area contributed by atoms with Crippen molar-refractivity contribution in [1.29, 1.82) is 0 Å². The van der Waals surface area contributed by atoms with Crippen molar-refractivity contribution >= 4 is 11.6 Å². The summed E-state index contributed by atoms with van der Waals surface area (Å²) in [6, 6.07) is 13.4. The standard InChI is InChI=1S/C22H27N3O2/c26-22(24-19-14-16-6-9-18(19)23-16)21-11-10-20(27-21)15-4-7-17(8-5-15)25-12-2-1-3-13-25/h4-5,7-8,10-11,16,18-19,23H,1-3,6,9,12-14H2,(H,24,26). The number of carbonyl (C=O) groups is 1. The summed E-state index contributed by atoms with van der Waals surface area (Å²) in [6.07, 6.45) is 7.30. The van der Waals surface area contributed by atoms with E-state index in [1.54, 1.807) is 6.07 Å². The summed E-state index contributed by atoms with van der Waals surface area (Å²) in [5.41, 5.74) is 2.28. The van der Waals surface area contributed by atoms with Gasteiger partial charge < -0.3 is 20.0 Å². The van der Waals surface area contributed by atoms with Gasteiger partial charge in [-0.1, -0.05) is 0 Å². The first-order chi connectivity index (χ1) is 13.3. The molecule has 5 heteroatoms. The molecule has 3 aliphatic heterocycles. The molecule has 3 atom stereocenters. The van der Waals surface area contributed by atoms with Crippen LogP contribution in [-0.2, 0) is 0 Å². The second-order valence-corrected chi connectivity index (χ2v) is 8.12. The smallest absolute Gasteiger partial charge is 0.287 e. The number of amides is 1. The van der Waals surface area contributed by atoms with Gasteiger partial charge in [0.05, 0.1) is 0 Å². The van der Waals surface area contributed by atoms with Crippen molar-refractivity contribution in [3.63, 3.8) is 0 Å². The summed E-state index contributed by atoms with van der Waals surface area (Å²) in [5, 5.41) is 6.69. The largest absolute Gasteiger partial charge is 0.451 e. The van der Waals surface area contributed by atoms with Crippen LogP contribution in [0.3, 0.4) is 0 Å². The Morgan fingerprint density at radius 1 is 1.04 bits per heavy atom. The van der Waals surface area contributed by atoms with Crippen LogP contribution in [0.25, 0.3) is 11.3 Å². The van der Waals surface area contributed by atoms with Crippen LogP contribution in [0.2, 0.25) is 0 Å². The normalized spacial score (nSPS) is 27.1. The van der Waals surface area contributed by atoms with Crippen molar-refractivity contribution < 1.29 is 9.21 Å². The van der Waals surface area contributed by atoms with E-state index in [9.17, 15) is 4.79 Å². The molecule has 5 nitrogen and oxygen atoms in total. The van der Waals surface area contributed by atoms with Crippen LogP contribution in [0.4, 0.5) is 5.69 Å². The minimum absolute atomic E-state index is 0.106. The van der Waals surface area contributed by atoms with E-state index in [0.29, 0.717) is 17.8 Å². The molecule has 5 rings (SSSR count). The van der Waals surface area contributed by atoms with Gasteiger partial charge in [-0.05, 0) is 74.9 Å². The lowest BCUT2D eigenvalue weighted by Gasteiger charge is -2.28. The molecule has 4 heterocycles. The third-order valence-electron chi connectivity index (χ3n) is 6.32. The summed E-state index contributed by atoms with van der Waals surface area (Å²) in [4.78, 5) is 15.0. The van der Waals surface area contributed by atoms with E-state index in [2.05, 4.69) is 39.8 Å². The molecule has 1 amide bonds. The van der Waals surface area contributed by atoms with E-state index >= 15 is 0 Å². The fourth-order valence-corrected chi connectivity index (χ4v) is 4.83. The number of furan rings is 1. The highest BCUT2D eigenvalue weighted by Gasteiger charge is 2.39. The monoisotopic (exact) mass is 365 g/mol. The van der Waals surface area contributed by atoms with Gasteiger partial charge >= 0.3 is 0 Å². The summed E-state index contributed by atoms with van der Waals surface area (Å²) in [5.74, 6) is 1.04. The molecule has 2 aromatic rings. The predicted molar refractivity (Wildman–Crippen MR) is 106 cm³/mol. The van der Waals surface area contributed by atoms with Gasteiger partial charge in [0, 0.05) is 42.5 Å². The first kappa shape index (κ1) is 16.9. The van der Waals surface area contributed by atoms with Crippen LogP contribution in [0.1, 0.15) is 49.1 Å². The number of fused-ring (bicyclic) bond motifs is 2. The maximum Gasteiger partial charge on any atom is 0.287 e. The molecular weight excluding hydrogens is 338 g/mol. The zero-order chi connectivity index (χ0) is 18.2. The maximum atomic E-state index is 12.5. The Hall–Kier alpha value is -2.27. The molecule has 0 aliphatic carbocycles. The minimum Gasteiger partial charge on any atom is -0.451 e. The van der Waals surface area contributed by atoms with Crippen molar-refractivity contribution in [1.82, 2.24) is 10.6 Å². The number of hydrogen-bond donors (Lipinski definition) is 2. The number of hydrogen-bond acceptors (Lipinski definition) is 4. The Bertz CT molecular complexity index is 807. The molecule has 3 fully saturated rings. The molecule has 0 saturated carbocycles. The Morgan fingerprint density at radius 2 is 1.85 bits per heavy atom. The number of piperidine rings is 1. The fourth-order valence-electron chi connectivity index (χ4n) is 4.83. The maximum absolute atomic E-state index is 12.5. The Balaban J connectivity index is 1.25. The molecule has 0 radical (unpaired) electrons. The predicted octanol–water partition coefficient (Wildman–Crippen LogP) is 3.56. The lowest BCUT2D eigenvalue weighted by molar-refractivity contribution is 0.0903. The lowest BCUT2D eigenvalue weighted by atomic mass is 9.95. The summed E-state index contributed by atoms with van der Waals surface area (Å²) >= 11 is 0. The van der Waals surface area contributed by atoms with Gasteiger partial charge in [0.1, 0.15) is 5.76 Å². The molecule has 0 spiro atoms. The number of anilines is 1. The number of nitrogens with zero attached hydrogens (tertiary/aromatic N) is 1. The molecular formula is C22H27N3O2. The number of nitrogens with one attached hydrogen (secondary N) is 2. The second kappa shape index (κ2) is 7.04. The average molecular weight is 365 g/mol. The summed E-state index contributed by atoms with van der Waals surface area (Å²) in [6.45, 7) is 2.28. The van der Waals surface area contributed by atoms with Gasteiger partial charge in [-0.25, -0.2) is 0 Å². The lowest BCUT2D eigenvalue weighted by Crippen LogP contribution is -2.42. The van der Waals surface area contributed by atoms with Gasteiger partial charge in [-0.2, -0.15) is 0 Å². The van der Waals surface area contributed by atoms with E-state index < -0.39 is 0 Å². The molecule has 2 bridgehead atoms. The van der Waals surface area contributed by atoms with Crippen LogP contribution in [0.5, 0.6) is 0 Å². The second-order valence-electron chi connectivity index (χ2n) is 8.12. The van der Waals surface area contributed by atoms with E-state index in [-0.39, 0.29) is 11.9 Å². The third-order valence-corrected chi connectivity index (χ3v) is 6.32. The van der Waals surface area contributed by atoms with Crippen LogP contribution >= 0.6 is 0 Å². The molecule has 3 saturated heterocycles. The van der Waals surface area contributed by atoms with Crippen LogP contribution in [0.15, 0.2) is 40.8 Å². The first-order valence-corrected chi connectivity index (χ1v) is 10.3. The quantitative estimate of drug-likeness (QED) is 0.870. The van der Waals surface area contributed by atoms with Gasteiger partial charge in [-0.3, -0.25) is 4.79 Å². The van der Waals surface area contributed by atoms with Crippen LogP contribution < -0.4 is 15.5 Å². The number of benzene rings is 1. The minimum atomic E-state index is -0.106. The number of rotatable bonds is 4. The highest BCUT2D eigenvalue weighted by molar-refractivity contribution is 5.92.